The highest BCUT2D eigenvalue weighted by molar-refractivity contribution is 5.93. The molecule has 8 heteroatoms. The molecule has 2 unspecified atom stereocenters. The van der Waals surface area contributed by atoms with Crippen LogP contribution in [0.15, 0.2) is 18.2 Å². The first-order valence-corrected chi connectivity index (χ1v) is 6.58. The molecule has 1 aromatic carbocycles. The number of anilines is 1. The zero-order valence-corrected chi connectivity index (χ0v) is 12.5. The number of amides is 1. The van der Waals surface area contributed by atoms with E-state index in [4.69, 9.17) is 15.2 Å². The number of methoxy groups -OCH3 is 1. The van der Waals surface area contributed by atoms with Crippen LogP contribution in [0.3, 0.4) is 0 Å². The molecule has 1 aromatic rings. The van der Waals surface area contributed by atoms with E-state index in [1.807, 2.05) is 0 Å². The van der Waals surface area contributed by atoms with Crippen LogP contribution in [0.1, 0.15) is 13.8 Å². The van der Waals surface area contributed by atoms with Crippen LogP contribution in [-0.2, 0) is 4.79 Å². The van der Waals surface area contributed by atoms with Crippen molar-refractivity contribution in [3.05, 3.63) is 18.2 Å². The van der Waals surface area contributed by atoms with Crippen molar-refractivity contribution in [2.45, 2.75) is 26.1 Å². The standard InChI is InChI=1S/C14H19F3N2O3/c1-8(9(2)18)13(20)19-10-4-5-11(21-3)12(6-10)22-7-14(15,16)17/h4-6,8-9H,7,18H2,1-3H3,(H,19,20). The van der Waals surface area contributed by atoms with Crippen molar-refractivity contribution in [1.29, 1.82) is 0 Å². The quantitative estimate of drug-likeness (QED) is 0.845. The number of nitrogens with one attached hydrogen (secondary N) is 1. The number of carbonyl (C=O) groups is 1. The molecule has 0 aliphatic carbocycles. The van der Waals surface area contributed by atoms with Gasteiger partial charge in [0.1, 0.15) is 0 Å². The molecule has 0 bridgehead atoms. The number of carbonyl (C=O) groups excluding carboxylic acids is 1. The highest BCUT2D eigenvalue weighted by atomic mass is 19.4. The van der Waals surface area contributed by atoms with Gasteiger partial charge in [0.2, 0.25) is 5.91 Å². The Bertz CT molecular complexity index is 519. The Morgan fingerprint density at radius 1 is 1.32 bits per heavy atom. The summed E-state index contributed by atoms with van der Waals surface area (Å²) < 4.78 is 46.3. The number of halogens is 3. The zero-order valence-electron chi connectivity index (χ0n) is 12.5. The van der Waals surface area contributed by atoms with Crippen LogP contribution in [0.25, 0.3) is 0 Å². The summed E-state index contributed by atoms with van der Waals surface area (Å²) in [7, 11) is 1.31. The molecule has 3 N–H and O–H groups in total. The van der Waals surface area contributed by atoms with E-state index in [2.05, 4.69) is 5.32 Å². The fraction of sp³-hybridized carbons (Fsp3) is 0.500. The lowest BCUT2D eigenvalue weighted by atomic mass is 10.0. The van der Waals surface area contributed by atoms with Crippen LogP contribution in [0.4, 0.5) is 18.9 Å². The third-order valence-corrected chi connectivity index (χ3v) is 3.02. The first-order valence-electron chi connectivity index (χ1n) is 6.58. The number of alkyl halides is 3. The molecule has 0 aliphatic rings. The SMILES string of the molecule is COc1ccc(NC(=O)C(C)C(C)N)cc1OCC(F)(F)F. The molecule has 0 fully saturated rings. The van der Waals surface area contributed by atoms with E-state index >= 15 is 0 Å². The fourth-order valence-corrected chi connectivity index (χ4v) is 1.52. The Balaban J connectivity index is 2.87. The Kier molecular flexibility index (Phi) is 6.04. The van der Waals surface area contributed by atoms with Gasteiger partial charge in [0.25, 0.3) is 0 Å². The van der Waals surface area contributed by atoms with Gasteiger partial charge in [-0.2, -0.15) is 13.2 Å². The van der Waals surface area contributed by atoms with Crippen molar-refractivity contribution >= 4 is 11.6 Å². The summed E-state index contributed by atoms with van der Waals surface area (Å²) in [5.74, 6) is -0.739. The highest BCUT2D eigenvalue weighted by Crippen LogP contribution is 2.31. The summed E-state index contributed by atoms with van der Waals surface area (Å²) in [4.78, 5) is 11.9. The lowest BCUT2D eigenvalue weighted by molar-refractivity contribution is -0.153. The number of rotatable bonds is 6. The van der Waals surface area contributed by atoms with Crippen molar-refractivity contribution in [3.63, 3.8) is 0 Å². The Hall–Kier alpha value is -1.96. The molecule has 0 heterocycles. The van der Waals surface area contributed by atoms with E-state index in [9.17, 15) is 18.0 Å². The van der Waals surface area contributed by atoms with Gasteiger partial charge in [-0.15, -0.1) is 0 Å². The number of hydrogen-bond acceptors (Lipinski definition) is 4. The van der Waals surface area contributed by atoms with Gasteiger partial charge in [0.05, 0.1) is 13.0 Å². The van der Waals surface area contributed by atoms with Crippen molar-refractivity contribution in [2.24, 2.45) is 11.7 Å². The van der Waals surface area contributed by atoms with Crippen molar-refractivity contribution in [3.8, 4) is 11.5 Å². The van der Waals surface area contributed by atoms with E-state index in [1.165, 1.54) is 25.3 Å². The third-order valence-electron chi connectivity index (χ3n) is 3.02. The van der Waals surface area contributed by atoms with E-state index in [0.29, 0.717) is 5.69 Å². The van der Waals surface area contributed by atoms with Gasteiger partial charge in [-0.1, -0.05) is 6.92 Å². The van der Waals surface area contributed by atoms with Crippen LogP contribution < -0.4 is 20.5 Å². The number of hydrogen-bond donors (Lipinski definition) is 2. The summed E-state index contributed by atoms with van der Waals surface area (Å²) in [6, 6.07) is 3.85. The van der Waals surface area contributed by atoms with Crippen molar-refractivity contribution in [2.75, 3.05) is 19.0 Å². The normalized spacial score (nSPS) is 14.1. The molecule has 0 saturated carbocycles. The first kappa shape index (κ1) is 18.1. The predicted molar refractivity (Wildman–Crippen MR) is 76.0 cm³/mol. The van der Waals surface area contributed by atoms with Gasteiger partial charge in [0, 0.05) is 17.8 Å². The largest absolute Gasteiger partial charge is 0.493 e. The van der Waals surface area contributed by atoms with Crippen molar-refractivity contribution < 1.29 is 27.4 Å². The average molecular weight is 320 g/mol. The molecular formula is C14H19F3N2O3. The maximum absolute atomic E-state index is 12.2. The van der Waals surface area contributed by atoms with Gasteiger partial charge in [-0.25, -0.2) is 0 Å². The maximum Gasteiger partial charge on any atom is 0.422 e. The molecule has 22 heavy (non-hydrogen) atoms. The Morgan fingerprint density at radius 3 is 2.45 bits per heavy atom. The zero-order chi connectivity index (χ0) is 16.9. The van der Waals surface area contributed by atoms with E-state index in [0.717, 1.165) is 0 Å². The molecule has 0 aromatic heterocycles. The molecule has 0 radical (unpaired) electrons. The molecule has 0 spiro atoms. The van der Waals surface area contributed by atoms with Crippen LogP contribution in [0.5, 0.6) is 11.5 Å². The molecule has 5 nitrogen and oxygen atoms in total. The summed E-state index contributed by atoms with van der Waals surface area (Å²) >= 11 is 0. The van der Waals surface area contributed by atoms with Crippen LogP contribution >= 0.6 is 0 Å². The smallest absolute Gasteiger partial charge is 0.422 e. The number of nitrogens with two attached hydrogens (primary N) is 1. The molecule has 2 atom stereocenters. The molecule has 0 saturated heterocycles. The minimum atomic E-state index is -4.46. The molecule has 0 aliphatic heterocycles. The summed E-state index contributed by atoms with van der Waals surface area (Å²) in [6.45, 7) is 1.90. The van der Waals surface area contributed by atoms with Crippen LogP contribution in [-0.4, -0.2) is 31.8 Å². The second-order valence-electron chi connectivity index (χ2n) is 4.91. The van der Waals surface area contributed by atoms with Gasteiger partial charge in [-0.05, 0) is 19.1 Å². The predicted octanol–water partition coefficient (Wildman–Crippen LogP) is 2.56. The topological polar surface area (TPSA) is 73.6 Å². The third kappa shape index (κ3) is 5.44. The van der Waals surface area contributed by atoms with E-state index in [1.54, 1.807) is 13.8 Å². The first-order chi connectivity index (χ1) is 10.1. The maximum atomic E-state index is 12.2. The molecule has 1 rings (SSSR count). The summed E-state index contributed by atoms with van der Waals surface area (Å²) in [6.07, 6.45) is -4.46. The second kappa shape index (κ2) is 7.35. The summed E-state index contributed by atoms with van der Waals surface area (Å²) in [5.41, 5.74) is 5.93. The fourth-order valence-electron chi connectivity index (χ4n) is 1.52. The molecular weight excluding hydrogens is 301 g/mol. The van der Waals surface area contributed by atoms with E-state index in [-0.39, 0.29) is 23.4 Å². The average Bonchev–Trinajstić information content (AvgIpc) is 2.43. The van der Waals surface area contributed by atoms with Crippen molar-refractivity contribution in [1.82, 2.24) is 0 Å². The second-order valence-corrected chi connectivity index (χ2v) is 4.91. The lowest BCUT2D eigenvalue weighted by Crippen LogP contribution is -2.34. The minimum absolute atomic E-state index is 0.105. The van der Waals surface area contributed by atoms with Gasteiger partial charge in [0.15, 0.2) is 18.1 Å². The Morgan fingerprint density at radius 2 is 1.95 bits per heavy atom. The monoisotopic (exact) mass is 320 g/mol. The van der Waals surface area contributed by atoms with Gasteiger partial charge >= 0.3 is 6.18 Å². The molecule has 1 amide bonds. The Labute approximate surface area is 126 Å². The highest BCUT2D eigenvalue weighted by Gasteiger charge is 2.29. The van der Waals surface area contributed by atoms with E-state index < -0.39 is 18.7 Å². The lowest BCUT2D eigenvalue weighted by Gasteiger charge is -2.17. The molecule has 124 valence electrons. The van der Waals surface area contributed by atoms with Crippen LogP contribution in [0.2, 0.25) is 0 Å². The number of ether oxygens (including phenoxy) is 2. The van der Waals surface area contributed by atoms with Gasteiger partial charge < -0.3 is 20.5 Å². The van der Waals surface area contributed by atoms with Gasteiger partial charge in [-0.3, -0.25) is 4.79 Å². The minimum Gasteiger partial charge on any atom is -0.493 e. The van der Waals surface area contributed by atoms with Crippen LogP contribution in [0, 0.1) is 5.92 Å². The summed E-state index contributed by atoms with van der Waals surface area (Å²) in [5, 5.41) is 2.58. The number of benzene rings is 1.